The van der Waals surface area contributed by atoms with Gasteiger partial charge in [-0.2, -0.15) is 0 Å². The van der Waals surface area contributed by atoms with Crippen LogP contribution in [0.5, 0.6) is 5.75 Å². The van der Waals surface area contributed by atoms with E-state index in [2.05, 4.69) is 5.32 Å². The Kier molecular flexibility index (Phi) is 6.33. The molecule has 0 saturated carbocycles. The third-order valence-corrected chi connectivity index (χ3v) is 3.52. The Morgan fingerprint density at radius 1 is 1.20 bits per heavy atom. The second kappa shape index (κ2) is 8.68. The van der Waals surface area contributed by atoms with E-state index in [0.717, 1.165) is 10.3 Å². The molecule has 1 aromatic carbocycles. The predicted molar refractivity (Wildman–Crippen MR) is 95.5 cm³/mol. The average Bonchev–Trinajstić information content (AvgIpc) is 2.62. The van der Waals surface area contributed by atoms with Crippen LogP contribution in [0.1, 0.15) is 12.0 Å². The number of rotatable bonds is 7. The van der Waals surface area contributed by atoms with Gasteiger partial charge in [0.05, 0.1) is 12.2 Å². The van der Waals surface area contributed by atoms with Crippen LogP contribution in [0.15, 0.2) is 52.2 Å². The topological polar surface area (TPSA) is 82.3 Å². The first-order valence-corrected chi connectivity index (χ1v) is 7.89. The molecule has 0 aliphatic heterocycles. The van der Waals surface area contributed by atoms with E-state index in [4.69, 9.17) is 4.74 Å². The normalized spacial score (nSPS) is 10.8. The highest BCUT2D eigenvalue weighted by Crippen LogP contribution is 2.07. The van der Waals surface area contributed by atoms with Crippen molar-refractivity contribution in [2.45, 2.75) is 6.42 Å². The van der Waals surface area contributed by atoms with Crippen molar-refractivity contribution in [2.75, 3.05) is 13.2 Å². The molecule has 25 heavy (non-hydrogen) atoms. The van der Waals surface area contributed by atoms with Crippen molar-refractivity contribution in [1.29, 1.82) is 0 Å². The molecule has 0 spiro atoms. The summed E-state index contributed by atoms with van der Waals surface area (Å²) < 4.78 is 7.81. The molecule has 0 aliphatic rings. The van der Waals surface area contributed by atoms with Gasteiger partial charge >= 0.3 is 5.69 Å². The van der Waals surface area contributed by atoms with Gasteiger partial charge in [0, 0.05) is 32.9 Å². The van der Waals surface area contributed by atoms with Crippen LogP contribution in [0, 0.1) is 0 Å². The number of nitrogens with one attached hydrogen (secondary N) is 1. The summed E-state index contributed by atoms with van der Waals surface area (Å²) in [5, 5.41) is 2.72. The van der Waals surface area contributed by atoms with Crippen molar-refractivity contribution in [3.05, 3.63) is 69.0 Å². The fraction of sp³-hybridized carbons (Fsp3) is 0.278. The fourth-order valence-corrected chi connectivity index (χ4v) is 2.17. The lowest BCUT2D eigenvalue weighted by Gasteiger charge is -2.06. The molecule has 0 bridgehead atoms. The number of aryl methyl sites for hydroxylation is 1. The smallest absolute Gasteiger partial charge is 0.330 e. The van der Waals surface area contributed by atoms with E-state index in [9.17, 15) is 14.4 Å². The van der Waals surface area contributed by atoms with E-state index in [-0.39, 0.29) is 11.5 Å². The number of hydrogen-bond donors (Lipinski definition) is 1. The van der Waals surface area contributed by atoms with E-state index in [1.54, 1.807) is 7.05 Å². The Labute approximate surface area is 145 Å². The summed E-state index contributed by atoms with van der Waals surface area (Å²) >= 11 is 0. The summed E-state index contributed by atoms with van der Waals surface area (Å²) in [6, 6.07) is 9.44. The van der Waals surface area contributed by atoms with Crippen molar-refractivity contribution in [3.8, 4) is 5.75 Å². The Bertz CT molecular complexity index is 866. The molecule has 132 valence electrons. The van der Waals surface area contributed by atoms with E-state index < -0.39 is 11.2 Å². The van der Waals surface area contributed by atoms with Crippen LogP contribution in [0.3, 0.4) is 0 Å². The van der Waals surface area contributed by atoms with Gasteiger partial charge < -0.3 is 14.6 Å². The second-order valence-electron chi connectivity index (χ2n) is 5.48. The molecule has 1 heterocycles. The van der Waals surface area contributed by atoms with Crippen LogP contribution in [-0.4, -0.2) is 28.2 Å². The zero-order valence-electron chi connectivity index (χ0n) is 14.3. The maximum atomic E-state index is 11.9. The number of para-hydroxylation sites is 1. The Hall–Kier alpha value is -3.09. The zero-order valence-corrected chi connectivity index (χ0v) is 14.3. The van der Waals surface area contributed by atoms with Crippen molar-refractivity contribution in [3.63, 3.8) is 0 Å². The molecule has 0 aliphatic carbocycles. The van der Waals surface area contributed by atoms with Gasteiger partial charge in [-0.3, -0.25) is 14.2 Å². The molecular weight excluding hydrogens is 322 g/mol. The average molecular weight is 343 g/mol. The lowest BCUT2D eigenvalue weighted by Crippen LogP contribution is -2.37. The van der Waals surface area contributed by atoms with Crippen LogP contribution in [0.4, 0.5) is 0 Å². The molecule has 0 atom stereocenters. The molecule has 1 N–H and O–H groups in total. The molecule has 0 saturated heterocycles. The minimum atomic E-state index is -0.441. The summed E-state index contributed by atoms with van der Waals surface area (Å²) in [5.41, 5.74) is -0.583. The van der Waals surface area contributed by atoms with E-state index in [1.165, 1.54) is 30.0 Å². The highest BCUT2D eigenvalue weighted by atomic mass is 16.5. The third-order valence-electron chi connectivity index (χ3n) is 3.52. The van der Waals surface area contributed by atoms with Crippen molar-refractivity contribution < 1.29 is 9.53 Å². The van der Waals surface area contributed by atoms with Gasteiger partial charge in [-0.25, -0.2) is 4.79 Å². The van der Waals surface area contributed by atoms with Crippen LogP contribution in [-0.2, 0) is 18.9 Å². The van der Waals surface area contributed by atoms with Crippen LogP contribution >= 0.6 is 0 Å². The highest BCUT2D eigenvalue weighted by Gasteiger charge is 2.04. The van der Waals surface area contributed by atoms with Crippen LogP contribution < -0.4 is 21.3 Å². The molecule has 1 amide bonds. The molecule has 2 rings (SSSR count). The minimum absolute atomic E-state index is 0.271. The standard InChI is InChI=1S/C18H21N3O4/c1-20-13-14(17(23)21(2)18(20)24)9-10-16(22)19-11-6-12-25-15-7-4-3-5-8-15/h3-5,7-10,13H,6,11-12H2,1-2H3,(H,19,22)/b10-9+. The molecule has 1 aromatic heterocycles. The highest BCUT2D eigenvalue weighted by molar-refractivity contribution is 5.91. The van der Waals surface area contributed by atoms with Crippen molar-refractivity contribution in [2.24, 2.45) is 14.1 Å². The molecular formula is C18H21N3O4. The number of carbonyl (C=O) groups is 1. The molecule has 7 heteroatoms. The number of amides is 1. The molecule has 7 nitrogen and oxygen atoms in total. The first-order valence-electron chi connectivity index (χ1n) is 7.89. The predicted octanol–water partition coefficient (Wildman–Crippen LogP) is 0.682. The summed E-state index contributed by atoms with van der Waals surface area (Å²) in [5.74, 6) is 0.481. The van der Waals surface area contributed by atoms with Crippen LogP contribution in [0.2, 0.25) is 0 Å². The summed E-state index contributed by atoms with van der Waals surface area (Å²) in [4.78, 5) is 35.3. The van der Waals surface area contributed by atoms with Crippen LogP contribution in [0.25, 0.3) is 6.08 Å². The van der Waals surface area contributed by atoms with Gasteiger partial charge in [0.25, 0.3) is 5.56 Å². The Morgan fingerprint density at radius 2 is 1.92 bits per heavy atom. The van der Waals surface area contributed by atoms with Gasteiger partial charge in [-0.1, -0.05) is 18.2 Å². The molecule has 0 fully saturated rings. The van der Waals surface area contributed by atoms with Crippen molar-refractivity contribution in [1.82, 2.24) is 14.5 Å². The largest absolute Gasteiger partial charge is 0.494 e. The number of carbonyl (C=O) groups excluding carboxylic acids is 1. The lowest BCUT2D eigenvalue weighted by atomic mass is 10.3. The monoisotopic (exact) mass is 343 g/mol. The lowest BCUT2D eigenvalue weighted by molar-refractivity contribution is -0.116. The van der Waals surface area contributed by atoms with E-state index in [1.807, 2.05) is 30.3 Å². The number of ether oxygens (including phenoxy) is 1. The molecule has 0 unspecified atom stereocenters. The van der Waals surface area contributed by atoms with E-state index >= 15 is 0 Å². The Balaban J connectivity index is 1.80. The third kappa shape index (κ3) is 5.20. The first-order chi connectivity index (χ1) is 12.0. The quantitative estimate of drug-likeness (QED) is 0.592. The number of aromatic nitrogens is 2. The second-order valence-corrected chi connectivity index (χ2v) is 5.48. The number of nitrogens with zero attached hydrogens (tertiary/aromatic N) is 2. The van der Waals surface area contributed by atoms with Gasteiger partial charge in [0.2, 0.25) is 5.91 Å². The summed E-state index contributed by atoms with van der Waals surface area (Å²) in [6.07, 6.45) is 4.75. The molecule has 2 aromatic rings. The van der Waals surface area contributed by atoms with Gasteiger partial charge in [-0.15, -0.1) is 0 Å². The summed E-state index contributed by atoms with van der Waals surface area (Å²) in [6.45, 7) is 0.955. The zero-order chi connectivity index (χ0) is 18.2. The van der Waals surface area contributed by atoms with Gasteiger partial charge in [0.1, 0.15) is 5.75 Å². The van der Waals surface area contributed by atoms with E-state index in [0.29, 0.717) is 19.6 Å². The number of benzene rings is 1. The van der Waals surface area contributed by atoms with Gasteiger partial charge in [0.15, 0.2) is 0 Å². The first kappa shape index (κ1) is 18.3. The fourth-order valence-electron chi connectivity index (χ4n) is 2.17. The number of hydrogen-bond acceptors (Lipinski definition) is 4. The maximum absolute atomic E-state index is 11.9. The minimum Gasteiger partial charge on any atom is -0.494 e. The maximum Gasteiger partial charge on any atom is 0.330 e. The SMILES string of the molecule is Cn1cc(/C=C/C(=O)NCCCOc2ccccc2)c(=O)n(C)c1=O. The summed E-state index contributed by atoms with van der Waals surface area (Å²) in [7, 11) is 2.95. The van der Waals surface area contributed by atoms with Gasteiger partial charge in [-0.05, 0) is 24.6 Å². The Morgan fingerprint density at radius 3 is 2.64 bits per heavy atom. The molecule has 0 radical (unpaired) electrons. The van der Waals surface area contributed by atoms with Crippen molar-refractivity contribution >= 4 is 12.0 Å².